The number of rotatable bonds is 4. The van der Waals surface area contributed by atoms with Crippen molar-refractivity contribution in [2.24, 2.45) is 0 Å². The second-order valence-corrected chi connectivity index (χ2v) is 6.73. The maximum Gasteiger partial charge on any atom is 0.247 e. The lowest BCUT2D eigenvalue weighted by molar-refractivity contribution is -0.153. The lowest BCUT2D eigenvalue weighted by Crippen LogP contribution is -2.62. The Morgan fingerprint density at radius 1 is 1.24 bits per heavy atom. The molecule has 3 rings (SSSR count). The van der Waals surface area contributed by atoms with E-state index in [1.807, 2.05) is 30.0 Å². The molecule has 0 aromatic heterocycles. The molecule has 1 saturated carbocycles. The molecule has 0 spiro atoms. The zero-order valence-corrected chi connectivity index (χ0v) is 13.0. The highest BCUT2D eigenvalue weighted by atomic mass is 16.2. The van der Waals surface area contributed by atoms with Gasteiger partial charge in [0.2, 0.25) is 11.8 Å². The number of likely N-dealkylation sites (tertiary alicyclic amines) is 1. The largest absolute Gasteiger partial charge is 0.336 e. The Bertz CT molecular complexity index is 456. The number of hydrogen-bond donors (Lipinski definition) is 0. The molecule has 0 radical (unpaired) electrons. The second-order valence-electron chi connectivity index (χ2n) is 6.73. The van der Waals surface area contributed by atoms with Crippen molar-refractivity contribution in [3.63, 3.8) is 0 Å². The third kappa shape index (κ3) is 2.71. The third-order valence-corrected chi connectivity index (χ3v) is 4.98. The zero-order chi connectivity index (χ0) is 15.0. The number of piperazine rings is 1. The summed E-state index contributed by atoms with van der Waals surface area (Å²) < 4.78 is 0. The summed E-state index contributed by atoms with van der Waals surface area (Å²) in [5, 5.41) is 0. The van der Waals surface area contributed by atoms with Crippen molar-refractivity contribution in [2.45, 2.75) is 50.2 Å². The molecule has 2 aliphatic heterocycles. The Hall–Kier alpha value is -1.36. The first-order valence-electron chi connectivity index (χ1n) is 8.02. The van der Waals surface area contributed by atoms with Gasteiger partial charge < -0.3 is 14.7 Å². The average molecular weight is 291 g/mol. The van der Waals surface area contributed by atoms with E-state index in [9.17, 15) is 9.59 Å². The molecule has 2 atom stereocenters. The third-order valence-electron chi connectivity index (χ3n) is 4.98. The van der Waals surface area contributed by atoms with Crippen molar-refractivity contribution in [1.29, 1.82) is 0 Å². The Morgan fingerprint density at radius 3 is 2.62 bits per heavy atom. The quantitative estimate of drug-likeness (QED) is 0.722. The van der Waals surface area contributed by atoms with Gasteiger partial charge in [-0.2, -0.15) is 0 Å². The second kappa shape index (κ2) is 5.79. The minimum Gasteiger partial charge on any atom is -0.336 e. The number of amides is 2. The molecule has 116 valence electrons. The number of likely N-dealkylation sites (N-methyl/N-ethyl adjacent to an activating group) is 1. The fourth-order valence-corrected chi connectivity index (χ4v) is 3.62. The van der Waals surface area contributed by atoms with Gasteiger partial charge in [0.1, 0.15) is 6.04 Å². The summed E-state index contributed by atoms with van der Waals surface area (Å²) in [4.78, 5) is 30.9. The summed E-state index contributed by atoms with van der Waals surface area (Å²) in [5.74, 6) is 0.189. The standard InChI is InChI=1S/C16H25N3O2/c1-17(2)10-4-7-15(20)19-13-8-9-14(19)16(21)18(11-13)12-5-3-6-12/h4,7,12-14H,3,5-6,8-11H2,1-2H3/b7-4+. The molecule has 0 aromatic rings. The van der Waals surface area contributed by atoms with E-state index in [4.69, 9.17) is 0 Å². The Balaban J connectivity index is 1.67. The van der Waals surface area contributed by atoms with Crippen LogP contribution >= 0.6 is 0 Å². The van der Waals surface area contributed by atoms with Crippen molar-refractivity contribution >= 4 is 11.8 Å². The molecule has 5 heteroatoms. The van der Waals surface area contributed by atoms with E-state index in [1.165, 1.54) is 6.42 Å². The summed E-state index contributed by atoms with van der Waals surface area (Å²) in [7, 11) is 3.94. The highest BCUT2D eigenvalue weighted by Gasteiger charge is 2.49. The molecule has 2 heterocycles. The fourth-order valence-electron chi connectivity index (χ4n) is 3.62. The van der Waals surface area contributed by atoms with Gasteiger partial charge in [-0.05, 0) is 46.2 Å². The first kappa shape index (κ1) is 14.6. The molecular weight excluding hydrogens is 266 g/mol. The van der Waals surface area contributed by atoms with Crippen LogP contribution in [0.15, 0.2) is 12.2 Å². The van der Waals surface area contributed by atoms with Crippen LogP contribution in [0.1, 0.15) is 32.1 Å². The molecule has 2 saturated heterocycles. The highest BCUT2D eigenvalue weighted by molar-refractivity contribution is 5.95. The van der Waals surface area contributed by atoms with Gasteiger partial charge in [0.15, 0.2) is 0 Å². The van der Waals surface area contributed by atoms with Crippen molar-refractivity contribution in [1.82, 2.24) is 14.7 Å². The van der Waals surface area contributed by atoms with Gasteiger partial charge in [-0.3, -0.25) is 9.59 Å². The average Bonchev–Trinajstić information content (AvgIpc) is 2.71. The molecule has 0 N–H and O–H groups in total. The van der Waals surface area contributed by atoms with Crippen LogP contribution in [0.3, 0.4) is 0 Å². The molecule has 1 aliphatic carbocycles. The first-order chi connectivity index (χ1) is 10.1. The summed E-state index contributed by atoms with van der Waals surface area (Å²) in [6, 6.07) is 0.466. The van der Waals surface area contributed by atoms with Crippen LogP contribution in [0.25, 0.3) is 0 Å². The van der Waals surface area contributed by atoms with Gasteiger partial charge in [0, 0.05) is 25.2 Å². The molecule has 21 heavy (non-hydrogen) atoms. The van der Waals surface area contributed by atoms with E-state index in [0.717, 1.165) is 38.8 Å². The zero-order valence-electron chi connectivity index (χ0n) is 13.0. The molecule has 2 bridgehead atoms. The number of fused-ring (bicyclic) bond motifs is 2. The molecule has 3 aliphatic rings. The van der Waals surface area contributed by atoms with E-state index in [-0.39, 0.29) is 23.9 Å². The van der Waals surface area contributed by atoms with Gasteiger partial charge in [-0.15, -0.1) is 0 Å². The van der Waals surface area contributed by atoms with Crippen LogP contribution in [-0.4, -0.2) is 71.8 Å². The number of hydrogen-bond acceptors (Lipinski definition) is 3. The van der Waals surface area contributed by atoms with Gasteiger partial charge in [-0.25, -0.2) is 0 Å². The van der Waals surface area contributed by atoms with E-state index >= 15 is 0 Å². The topological polar surface area (TPSA) is 43.9 Å². The summed E-state index contributed by atoms with van der Waals surface area (Å²) in [6.45, 7) is 1.49. The van der Waals surface area contributed by atoms with Gasteiger partial charge in [0.25, 0.3) is 0 Å². The molecule has 2 amide bonds. The molecular formula is C16H25N3O2. The summed E-state index contributed by atoms with van der Waals surface area (Å²) >= 11 is 0. The van der Waals surface area contributed by atoms with Crippen LogP contribution in [0.5, 0.6) is 0 Å². The Morgan fingerprint density at radius 2 is 2.00 bits per heavy atom. The first-order valence-corrected chi connectivity index (χ1v) is 8.02. The van der Waals surface area contributed by atoms with Gasteiger partial charge >= 0.3 is 0 Å². The summed E-state index contributed by atoms with van der Waals surface area (Å²) in [5.41, 5.74) is 0. The highest BCUT2D eigenvalue weighted by Crippen LogP contribution is 2.36. The normalized spacial score (nSPS) is 29.6. The molecule has 0 aromatic carbocycles. The molecule has 5 nitrogen and oxygen atoms in total. The number of nitrogens with zero attached hydrogens (tertiary/aromatic N) is 3. The fraction of sp³-hybridized carbons (Fsp3) is 0.750. The predicted octanol–water partition coefficient (Wildman–Crippen LogP) is 0.858. The maximum absolute atomic E-state index is 12.6. The molecule has 3 fully saturated rings. The van der Waals surface area contributed by atoms with Crippen molar-refractivity contribution in [3.05, 3.63) is 12.2 Å². The van der Waals surface area contributed by atoms with Crippen LogP contribution in [0, 0.1) is 0 Å². The van der Waals surface area contributed by atoms with E-state index in [0.29, 0.717) is 6.04 Å². The van der Waals surface area contributed by atoms with E-state index < -0.39 is 0 Å². The lowest BCUT2D eigenvalue weighted by atomic mass is 9.90. The van der Waals surface area contributed by atoms with Crippen LogP contribution in [-0.2, 0) is 9.59 Å². The number of carbonyl (C=O) groups is 2. The predicted molar refractivity (Wildman–Crippen MR) is 80.7 cm³/mol. The van der Waals surface area contributed by atoms with Crippen molar-refractivity contribution in [3.8, 4) is 0 Å². The molecule has 2 unspecified atom stereocenters. The Kier molecular flexibility index (Phi) is 4.02. The SMILES string of the molecule is CN(C)C/C=C/C(=O)N1C2CCC1C(=O)N(C1CCC1)C2. The van der Waals surface area contributed by atoms with Crippen LogP contribution < -0.4 is 0 Å². The van der Waals surface area contributed by atoms with Crippen molar-refractivity contribution in [2.75, 3.05) is 27.2 Å². The van der Waals surface area contributed by atoms with Crippen LogP contribution in [0.4, 0.5) is 0 Å². The number of carbonyl (C=O) groups excluding carboxylic acids is 2. The van der Waals surface area contributed by atoms with E-state index in [1.54, 1.807) is 6.08 Å². The van der Waals surface area contributed by atoms with Crippen LogP contribution in [0.2, 0.25) is 0 Å². The minimum atomic E-state index is -0.208. The minimum absolute atomic E-state index is 0.00552. The van der Waals surface area contributed by atoms with E-state index in [2.05, 4.69) is 4.90 Å². The monoisotopic (exact) mass is 291 g/mol. The smallest absolute Gasteiger partial charge is 0.247 e. The summed E-state index contributed by atoms with van der Waals surface area (Å²) in [6.07, 6.45) is 8.83. The van der Waals surface area contributed by atoms with Crippen molar-refractivity contribution < 1.29 is 9.59 Å². The van der Waals surface area contributed by atoms with Gasteiger partial charge in [0.05, 0.1) is 6.04 Å². The lowest BCUT2D eigenvalue weighted by Gasteiger charge is -2.46. The maximum atomic E-state index is 12.6. The Labute approximate surface area is 126 Å². The van der Waals surface area contributed by atoms with Gasteiger partial charge in [-0.1, -0.05) is 6.08 Å².